The Bertz CT molecular complexity index is 702. The molecule has 1 aromatic heterocycles. The molecule has 2 heterocycles. The number of anilines is 1. The average molecular weight is 338 g/mol. The fraction of sp³-hybridized carbons (Fsp3) is 0.400. The lowest BCUT2D eigenvalue weighted by Gasteiger charge is -2.35. The lowest BCUT2D eigenvalue weighted by Crippen LogP contribution is -2.48. The maximum atomic E-state index is 12.6. The first kappa shape index (κ1) is 17.6. The van der Waals surface area contributed by atoms with Crippen LogP contribution in [0.4, 0.5) is 5.69 Å². The Hall–Kier alpha value is -2.24. The molecule has 1 fully saturated rings. The fourth-order valence-electron chi connectivity index (χ4n) is 3.33. The molecule has 5 heteroatoms. The monoisotopic (exact) mass is 338 g/mol. The van der Waals surface area contributed by atoms with Crippen molar-refractivity contribution in [1.82, 2.24) is 15.2 Å². The maximum absolute atomic E-state index is 12.6. The number of nitrogens with one attached hydrogen (secondary N) is 2. The second-order valence-corrected chi connectivity index (χ2v) is 6.77. The van der Waals surface area contributed by atoms with Gasteiger partial charge in [0.15, 0.2) is 0 Å². The number of hydrogen-bond donors (Lipinski definition) is 2. The molecule has 1 aliphatic rings. The molecular weight excluding hydrogens is 312 g/mol. The van der Waals surface area contributed by atoms with Crippen molar-refractivity contribution < 1.29 is 4.79 Å². The molecule has 2 N–H and O–H groups in total. The van der Waals surface area contributed by atoms with Gasteiger partial charge in [-0.25, -0.2) is 0 Å². The van der Waals surface area contributed by atoms with Crippen LogP contribution in [0.2, 0.25) is 0 Å². The van der Waals surface area contributed by atoms with Gasteiger partial charge in [-0.2, -0.15) is 0 Å². The molecular formula is C20H26N4O. The number of carbonyl (C=O) groups excluding carboxylic acids is 1. The zero-order valence-corrected chi connectivity index (χ0v) is 14.9. The number of para-hydroxylation sites is 1. The zero-order chi connectivity index (χ0) is 17.6. The number of benzene rings is 1. The molecule has 1 saturated heterocycles. The summed E-state index contributed by atoms with van der Waals surface area (Å²) in [6.07, 6.45) is 3.66. The Morgan fingerprint density at radius 3 is 2.92 bits per heavy atom. The van der Waals surface area contributed by atoms with Gasteiger partial charge in [0.2, 0.25) is 5.91 Å². The third-order valence-electron chi connectivity index (χ3n) is 4.63. The highest BCUT2D eigenvalue weighted by atomic mass is 16.2. The van der Waals surface area contributed by atoms with Gasteiger partial charge in [0.25, 0.3) is 0 Å². The molecule has 0 saturated carbocycles. The third-order valence-corrected chi connectivity index (χ3v) is 4.63. The predicted octanol–water partition coefficient (Wildman–Crippen LogP) is 2.79. The van der Waals surface area contributed by atoms with Crippen LogP contribution in [-0.2, 0) is 4.79 Å². The molecule has 0 aliphatic carbocycles. The first-order valence-corrected chi connectivity index (χ1v) is 8.88. The Labute approximate surface area is 149 Å². The van der Waals surface area contributed by atoms with Gasteiger partial charge in [-0.15, -0.1) is 0 Å². The van der Waals surface area contributed by atoms with Gasteiger partial charge in [-0.1, -0.05) is 38.1 Å². The van der Waals surface area contributed by atoms with E-state index in [0.717, 1.165) is 30.9 Å². The lowest BCUT2D eigenvalue weighted by molar-refractivity contribution is -0.118. The van der Waals surface area contributed by atoms with Crippen LogP contribution < -0.4 is 10.6 Å². The van der Waals surface area contributed by atoms with E-state index in [1.807, 2.05) is 30.5 Å². The van der Waals surface area contributed by atoms with Gasteiger partial charge in [-0.05, 0) is 29.2 Å². The maximum Gasteiger partial charge on any atom is 0.238 e. The lowest BCUT2D eigenvalue weighted by atomic mass is 10.0. The van der Waals surface area contributed by atoms with Crippen LogP contribution in [0.5, 0.6) is 0 Å². The molecule has 1 unspecified atom stereocenters. The summed E-state index contributed by atoms with van der Waals surface area (Å²) in [4.78, 5) is 19.1. The van der Waals surface area contributed by atoms with Gasteiger partial charge < -0.3 is 10.6 Å². The van der Waals surface area contributed by atoms with Crippen LogP contribution in [0.1, 0.15) is 36.9 Å². The molecule has 5 nitrogen and oxygen atoms in total. The summed E-state index contributed by atoms with van der Waals surface area (Å²) in [5, 5.41) is 6.50. The van der Waals surface area contributed by atoms with Crippen LogP contribution in [0.3, 0.4) is 0 Å². The number of carbonyl (C=O) groups is 1. The van der Waals surface area contributed by atoms with Crippen LogP contribution >= 0.6 is 0 Å². The smallest absolute Gasteiger partial charge is 0.238 e. The van der Waals surface area contributed by atoms with Gasteiger partial charge in [0, 0.05) is 43.8 Å². The molecule has 3 rings (SSSR count). The fourth-order valence-corrected chi connectivity index (χ4v) is 3.33. The van der Waals surface area contributed by atoms with E-state index in [9.17, 15) is 4.79 Å². The summed E-state index contributed by atoms with van der Waals surface area (Å²) in [7, 11) is 0. The van der Waals surface area contributed by atoms with E-state index in [2.05, 4.69) is 46.5 Å². The summed E-state index contributed by atoms with van der Waals surface area (Å²) >= 11 is 0. The summed E-state index contributed by atoms with van der Waals surface area (Å²) in [5.41, 5.74) is 3.22. The molecule has 1 amide bonds. The Morgan fingerprint density at radius 1 is 1.32 bits per heavy atom. The Kier molecular flexibility index (Phi) is 5.79. The van der Waals surface area contributed by atoms with E-state index in [1.54, 1.807) is 6.20 Å². The van der Waals surface area contributed by atoms with E-state index in [4.69, 9.17) is 0 Å². The largest absolute Gasteiger partial charge is 0.325 e. The van der Waals surface area contributed by atoms with Gasteiger partial charge in [0.1, 0.15) is 0 Å². The van der Waals surface area contributed by atoms with E-state index >= 15 is 0 Å². The SMILES string of the molecule is CC(C)c1ccccc1NC(=O)CN1CCNCC1c1cccnc1. The summed E-state index contributed by atoms with van der Waals surface area (Å²) < 4.78 is 0. The highest BCUT2D eigenvalue weighted by Crippen LogP contribution is 2.24. The molecule has 0 spiro atoms. The van der Waals surface area contributed by atoms with Crippen LogP contribution in [0.15, 0.2) is 48.8 Å². The van der Waals surface area contributed by atoms with Crippen LogP contribution in [0.25, 0.3) is 0 Å². The Balaban J connectivity index is 1.69. The summed E-state index contributed by atoms with van der Waals surface area (Å²) in [5.74, 6) is 0.405. The van der Waals surface area contributed by atoms with Crippen molar-refractivity contribution in [3.63, 3.8) is 0 Å². The minimum atomic E-state index is 0.0314. The average Bonchev–Trinajstić information content (AvgIpc) is 2.63. The minimum absolute atomic E-state index is 0.0314. The number of rotatable bonds is 5. The van der Waals surface area contributed by atoms with Gasteiger partial charge in [-0.3, -0.25) is 14.7 Å². The van der Waals surface area contributed by atoms with Crippen molar-refractivity contribution in [2.75, 3.05) is 31.5 Å². The minimum Gasteiger partial charge on any atom is -0.325 e. The summed E-state index contributed by atoms with van der Waals surface area (Å²) in [6, 6.07) is 12.2. The van der Waals surface area contributed by atoms with Gasteiger partial charge >= 0.3 is 0 Å². The molecule has 132 valence electrons. The second kappa shape index (κ2) is 8.23. The van der Waals surface area contributed by atoms with Crippen LogP contribution in [0, 0.1) is 0 Å². The molecule has 0 radical (unpaired) electrons. The van der Waals surface area contributed by atoms with E-state index in [-0.39, 0.29) is 11.9 Å². The summed E-state index contributed by atoms with van der Waals surface area (Å²) in [6.45, 7) is 7.24. The number of hydrogen-bond acceptors (Lipinski definition) is 4. The number of piperazine rings is 1. The van der Waals surface area contributed by atoms with Crippen molar-refractivity contribution >= 4 is 11.6 Å². The first-order chi connectivity index (χ1) is 12.1. The number of nitrogens with zero attached hydrogens (tertiary/aromatic N) is 2. The first-order valence-electron chi connectivity index (χ1n) is 8.88. The highest BCUT2D eigenvalue weighted by Gasteiger charge is 2.25. The van der Waals surface area contributed by atoms with Crippen molar-refractivity contribution in [3.8, 4) is 0 Å². The zero-order valence-electron chi connectivity index (χ0n) is 14.9. The molecule has 0 bridgehead atoms. The van der Waals surface area contributed by atoms with Gasteiger partial charge in [0.05, 0.1) is 6.54 Å². The van der Waals surface area contributed by atoms with Crippen molar-refractivity contribution in [2.45, 2.75) is 25.8 Å². The normalized spacial score (nSPS) is 18.3. The van der Waals surface area contributed by atoms with E-state index in [0.29, 0.717) is 12.5 Å². The number of pyridine rings is 1. The van der Waals surface area contributed by atoms with Crippen molar-refractivity contribution in [3.05, 3.63) is 59.9 Å². The van der Waals surface area contributed by atoms with Crippen molar-refractivity contribution in [1.29, 1.82) is 0 Å². The topological polar surface area (TPSA) is 57.3 Å². The predicted molar refractivity (Wildman–Crippen MR) is 101 cm³/mol. The van der Waals surface area contributed by atoms with Crippen LogP contribution in [-0.4, -0.2) is 42.0 Å². The molecule has 25 heavy (non-hydrogen) atoms. The molecule has 2 aromatic rings. The van der Waals surface area contributed by atoms with E-state index in [1.165, 1.54) is 5.56 Å². The second-order valence-electron chi connectivity index (χ2n) is 6.77. The number of aromatic nitrogens is 1. The quantitative estimate of drug-likeness (QED) is 0.880. The molecule has 1 atom stereocenters. The molecule has 1 aliphatic heterocycles. The third kappa shape index (κ3) is 4.44. The molecule has 1 aromatic carbocycles. The highest BCUT2D eigenvalue weighted by molar-refractivity contribution is 5.93. The number of amides is 1. The Morgan fingerprint density at radius 2 is 2.16 bits per heavy atom. The van der Waals surface area contributed by atoms with E-state index < -0.39 is 0 Å². The standard InChI is InChI=1S/C20H26N4O/c1-15(2)17-7-3-4-8-18(17)23-20(25)14-24-11-10-22-13-19(24)16-6-5-9-21-12-16/h3-9,12,15,19,22H,10-11,13-14H2,1-2H3,(H,23,25). The van der Waals surface area contributed by atoms with Crippen molar-refractivity contribution in [2.24, 2.45) is 0 Å².